The number of aryl methyl sites for hydroxylation is 1. The number of carbonyl (C=O) groups is 2. The molecule has 0 atom stereocenters. The van der Waals surface area contributed by atoms with E-state index in [1.807, 2.05) is 0 Å². The largest absolute Gasteiger partial charge is 0.481 e. The lowest BCUT2D eigenvalue weighted by Gasteiger charge is -2.38. The average molecular weight is 238 g/mol. The molecule has 1 N–H and O–H groups in total. The van der Waals surface area contributed by atoms with E-state index in [0.29, 0.717) is 12.8 Å². The highest BCUT2D eigenvalue weighted by Crippen LogP contribution is 2.31. The van der Waals surface area contributed by atoms with Crippen molar-refractivity contribution in [2.75, 3.05) is 7.05 Å². The molecular weight excluding hydrogens is 224 g/mol. The lowest BCUT2D eigenvalue weighted by Crippen LogP contribution is -2.47. The van der Waals surface area contributed by atoms with Crippen LogP contribution in [0.15, 0.2) is 6.20 Å². The number of aliphatic carboxylic acids is 1. The molecule has 92 valence electrons. The topological polar surface area (TPSA) is 88.3 Å². The summed E-state index contributed by atoms with van der Waals surface area (Å²) in [5, 5.41) is 16.2. The maximum absolute atomic E-state index is 11.9. The summed E-state index contributed by atoms with van der Waals surface area (Å²) in [5.74, 6) is -1.33. The van der Waals surface area contributed by atoms with E-state index in [2.05, 4.69) is 10.3 Å². The number of rotatable bonds is 3. The van der Waals surface area contributed by atoms with Crippen LogP contribution in [-0.4, -0.2) is 50.0 Å². The van der Waals surface area contributed by atoms with Crippen LogP contribution >= 0.6 is 0 Å². The van der Waals surface area contributed by atoms with E-state index in [0.717, 1.165) is 0 Å². The van der Waals surface area contributed by atoms with Gasteiger partial charge in [-0.25, -0.2) is 0 Å². The number of carboxylic acids is 1. The normalized spacial score (nSPS) is 22.9. The number of carboxylic acid groups (broad SMARTS) is 1. The highest BCUT2D eigenvalue weighted by Gasteiger charge is 2.38. The van der Waals surface area contributed by atoms with Crippen molar-refractivity contribution in [1.29, 1.82) is 0 Å². The van der Waals surface area contributed by atoms with Crippen LogP contribution in [0.1, 0.15) is 23.3 Å². The van der Waals surface area contributed by atoms with E-state index < -0.39 is 5.97 Å². The lowest BCUT2D eigenvalue weighted by atomic mass is 9.79. The molecule has 2 rings (SSSR count). The van der Waals surface area contributed by atoms with Crippen molar-refractivity contribution < 1.29 is 14.7 Å². The summed E-state index contributed by atoms with van der Waals surface area (Å²) in [6, 6.07) is -0.00870. The molecule has 1 aromatic heterocycles. The molecule has 0 radical (unpaired) electrons. The van der Waals surface area contributed by atoms with Gasteiger partial charge in [0.05, 0.1) is 12.1 Å². The van der Waals surface area contributed by atoms with Crippen LogP contribution in [-0.2, 0) is 11.8 Å². The summed E-state index contributed by atoms with van der Waals surface area (Å²) >= 11 is 0. The molecular formula is C10H14N4O3. The van der Waals surface area contributed by atoms with E-state index in [1.54, 1.807) is 25.2 Å². The number of carbonyl (C=O) groups excluding carboxylic acids is 1. The summed E-state index contributed by atoms with van der Waals surface area (Å²) in [6.07, 6.45) is 2.57. The predicted octanol–water partition coefficient (Wildman–Crippen LogP) is -0.250. The zero-order valence-electron chi connectivity index (χ0n) is 9.70. The fourth-order valence-corrected chi connectivity index (χ4v) is 1.90. The van der Waals surface area contributed by atoms with E-state index in [9.17, 15) is 9.59 Å². The maximum Gasteiger partial charge on any atom is 0.306 e. The maximum atomic E-state index is 11.9. The Hall–Kier alpha value is -1.92. The van der Waals surface area contributed by atoms with Gasteiger partial charge in [-0.15, -0.1) is 5.10 Å². The average Bonchev–Trinajstić information content (AvgIpc) is 2.60. The molecule has 1 aliphatic rings. The van der Waals surface area contributed by atoms with Gasteiger partial charge in [0.15, 0.2) is 5.69 Å². The second kappa shape index (κ2) is 4.15. The molecule has 0 aliphatic heterocycles. The molecule has 17 heavy (non-hydrogen) atoms. The SMILES string of the molecule is CN(C(=O)c1cn(C)nn1)C1CC(C(=O)O)C1. The molecule has 0 bridgehead atoms. The first kappa shape index (κ1) is 11.6. The molecule has 0 saturated heterocycles. The van der Waals surface area contributed by atoms with Gasteiger partial charge in [0, 0.05) is 20.1 Å². The van der Waals surface area contributed by atoms with Crippen LogP contribution in [0.2, 0.25) is 0 Å². The van der Waals surface area contributed by atoms with Crippen molar-refractivity contribution in [2.45, 2.75) is 18.9 Å². The summed E-state index contributed by atoms with van der Waals surface area (Å²) < 4.78 is 1.46. The zero-order valence-corrected chi connectivity index (χ0v) is 9.70. The first-order valence-corrected chi connectivity index (χ1v) is 5.35. The Morgan fingerprint density at radius 1 is 1.53 bits per heavy atom. The third-order valence-electron chi connectivity index (χ3n) is 3.15. The Morgan fingerprint density at radius 2 is 2.18 bits per heavy atom. The quantitative estimate of drug-likeness (QED) is 0.784. The predicted molar refractivity (Wildman–Crippen MR) is 57.2 cm³/mol. The highest BCUT2D eigenvalue weighted by atomic mass is 16.4. The summed E-state index contributed by atoms with van der Waals surface area (Å²) in [5.41, 5.74) is 0.286. The lowest BCUT2D eigenvalue weighted by molar-refractivity contribution is -0.146. The monoisotopic (exact) mass is 238 g/mol. The van der Waals surface area contributed by atoms with Crippen molar-refractivity contribution in [3.05, 3.63) is 11.9 Å². The molecule has 0 aromatic carbocycles. The number of hydrogen-bond acceptors (Lipinski definition) is 4. The molecule has 1 heterocycles. The van der Waals surface area contributed by atoms with Crippen LogP contribution in [0, 0.1) is 5.92 Å². The molecule has 7 nitrogen and oxygen atoms in total. The van der Waals surface area contributed by atoms with Gasteiger partial charge < -0.3 is 10.0 Å². The second-order valence-corrected chi connectivity index (χ2v) is 4.35. The smallest absolute Gasteiger partial charge is 0.306 e. The Morgan fingerprint density at radius 3 is 2.65 bits per heavy atom. The minimum absolute atomic E-state index is 0.00870. The summed E-state index contributed by atoms with van der Waals surface area (Å²) in [7, 11) is 3.35. The molecule has 1 fully saturated rings. The first-order valence-electron chi connectivity index (χ1n) is 5.35. The van der Waals surface area contributed by atoms with Crippen molar-refractivity contribution >= 4 is 11.9 Å². The van der Waals surface area contributed by atoms with Crippen LogP contribution < -0.4 is 0 Å². The number of amides is 1. The molecule has 1 amide bonds. The fraction of sp³-hybridized carbons (Fsp3) is 0.600. The van der Waals surface area contributed by atoms with Crippen LogP contribution in [0.25, 0.3) is 0 Å². The van der Waals surface area contributed by atoms with Gasteiger partial charge in [-0.05, 0) is 12.8 Å². The zero-order chi connectivity index (χ0) is 12.6. The standard InChI is InChI=1S/C10H14N4O3/c1-13-5-8(11-12-13)9(15)14(2)7-3-6(4-7)10(16)17/h5-7H,3-4H2,1-2H3,(H,16,17). The Balaban J connectivity index is 1.95. The molecule has 1 aromatic rings. The van der Waals surface area contributed by atoms with E-state index in [4.69, 9.17) is 5.11 Å². The molecule has 0 unspecified atom stereocenters. The molecule has 7 heteroatoms. The number of aromatic nitrogens is 3. The molecule has 1 aliphatic carbocycles. The third-order valence-corrected chi connectivity index (χ3v) is 3.15. The van der Waals surface area contributed by atoms with Crippen LogP contribution in [0.5, 0.6) is 0 Å². The van der Waals surface area contributed by atoms with Crippen molar-refractivity contribution in [3.63, 3.8) is 0 Å². The Kier molecular flexibility index (Phi) is 2.83. The Labute approximate surface area is 98.0 Å². The number of nitrogens with zero attached hydrogens (tertiary/aromatic N) is 4. The Bertz CT molecular complexity index is 450. The molecule has 1 saturated carbocycles. The van der Waals surface area contributed by atoms with Gasteiger partial charge in [-0.3, -0.25) is 14.3 Å². The third kappa shape index (κ3) is 2.13. The number of hydrogen-bond donors (Lipinski definition) is 1. The van der Waals surface area contributed by atoms with Gasteiger partial charge >= 0.3 is 5.97 Å². The van der Waals surface area contributed by atoms with Gasteiger partial charge in [-0.1, -0.05) is 5.21 Å². The van der Waals surface area contributed by atoms with Crippen LogP contribution in [0.4, 0.5) is 0 Å². The fourth-order valence-electron chi connectivity index (χ4n) is 1.90. The summed E-state index contributed by atoms with van der Waals surface area (Å²) in [4.78, 5) is 24.1. The van der Waals surface area contributed by atoms with Gasteiger partial charge in [0.25, 0.3) is 5.91 Å². The van der Waals surface area contributed by atoms with Crippen molar-refractivity contribution in [2.24, 2.45) is 13.0 Å². The van der Waals surface area contributed by atoms with E-state index in [1.165, 1.54) is 4.68 Å². The minimum atomic E-state index is -0.790. The van der Waals surface area contributed by atoms with Crippen LogP contribution in [0.3, 0.4) is 0 Å². The van der Waals surface area contributed by atoms with E-state index >= 15 is 0 Å². The van der Waals surface area contributed by atoms with Gasteiger partial charge in [0.1, 0.15) is 0 Å². The van der Waals surface area contributed by atoms with Crippen molar-refractivity contribution in [3.8, 4) is 0 Å². The minimum Gasteiger partial charge on any atom is -0.481 e. The first-order chi connectivity index (χ1) is 7.99. The highest BCUT2D eigenvalue weighted by molar-refractivity contribution is 5.92. The van der Waals surface area contributed by atoms with E-state index in [-0.39, 0.29) is 23.6 Å². The summed E-state index contributed by atoms with van der Waals surface area (Å²) in [6.45, 7) is 0. The van der Waals surface area contributed by atoms with Gasteiger partial charge in [-0.2, -0.15) is 0 Å². The second-order valence-electron chi connectivity index (χ2n) is 4.35. The van der Waals surface area contributed by atoms with Gasteiger partial charge in [0.2, 0.25) is 0 Å². The molecule has 0 spiro atoms. The van der Waals surface area contributed by atoms with Crippen molar-refractivity contribution in [1.82, 2.24) is 19.9 Å².